The molecule has 0 spiro atoms. The standard InChI is InChI=1S/C13H14.2C12H13N.C12H16.C11H13NO.C10H11NS.C10H12O2.C9H10N2S.C7H10O/c1-10(2)12-9-5-7-11-6-3-4-8-13(11)12;1-9(2)10-7-8-13-12-6-4-3-5-11(10)12;1-9(2)12-11-6-4-3-5-10(11)7-8-13-12;1-9(2)11-8-7-10-5-3-4-6-12(10)11;1-8(2)12-10-6-4-3-5-9(10)7-11(12)13;1-7(2)10-11-8-5-3-4-6-9(8)12-10;1-7(2)8-3-4-9-10(5-8)12-6-11-9;1-6(2)8-9-7(3-4-12-9)10-5-11-8;1-6(2)7-4-3-5-8-7/h3-10H,1-2H3;2*3-9H,1-2H3;3-6,9,11H,7-8H2,1-2H3;3-6,8H,7H2,1-2H3;3-7H,1-2H3;3-5,7H,6H2,1-2H3;3-6H,1-2H3;3-6H,1-2H3. The fourth-order valence-electron chi connectivity index (χ4n) is 13.4. The maximum absolute atomic E-state index is 11.6. The van der Waals surface area contributed by atoms with Gasteiger partial charge in [-0.2, -0.15) is 0 Å². The molecule has 0 saturated carbocycles. The molecular weight excluding hydrogens is 1370 g/mol. The van der Waals surface area contributed by atoms with Gasteiger partial charge in [-0.05, 0) is 190 Å². The number of ether oxygens (including phenoxy) is 2. The average molecular weight is 1480 g/mol. The molecule has 0 N–H and O–H groups in total. The minimum Gasteiger partial charge on any atom is -0.469 e. The molecule has 0 saturated heterocycles. The van der Waals surface area contributed by atoms with Crippen molar-refractivity contribution in [2.45, 2.75) is 197 Å². The van der Waals surface area contributed by atoms with E-state index >= 15 is 0 Å². The third-order valence-corrected chi connectivity index (χ3v) is 21.4. The number of rotatable bonds is 9. The van der Waals surface area contributed by atoms with Gasteiger partial charge < -0.3 is 18.8 Å². The van der Waals surface area contributed by atoms with E-state index in [0.29, 0.717) is 54.6 Å². The number of thiophene rings is 1. The molecule has 8 heterocycles. The summed E-state index contributed by atoms with van der Waals surface area (Å²) >= 11 is 3.51. The van der Waals surface area contributed by atoms with Crippen LogP contribution in [0, 0.1) is 5.92 Å². The van der Waals surface area contributed by atoms with E-state index in [9.17, 15) is 4.79 Å². The van der Waals surface area contributed by atoms with Gasteiger partial charge in [-0.15, -0.1) is 22.7 Å². The molecule has 8 aromatic carbocycles. The SMILES string of the molecule is CC(C)C1CCc2ccccc21.CC(C)N1C(=O)Cc2ccccc21.CC(C)c1ccc2c(c1)OCO2.CC(C)c1cccc2ccccc12.CC(C)c1ccco1.CC(C)c1ccnc2ccccc12.CC(C)c1nc2ccccc2s1.CC(C)c1nccc2ccccc12.CC(C)c1ncnc2ccsc12. The normalized spacial score (nSPS) is 13.0. The van der Waals surface area contributed by atoms with Gasteiger partial charge in [0, 0.05) is 46.7 Å². The number of amides is 1. The number of hydrogen-bond donors (Lipinski definition) is 0. The van der Waals surface area contributed by atoms with Crippen molar-refractivity contribution in [2.75, 3.05) is 11.7 Å². The van der Waals surface area contributed by atoms with Gasteiger partial charge in [-0.25, -0.2) is 15.0 Å². The zero-order valence-electron chi connectivity index (χ0n) is 66.8. The van der Waals surface area contributed by atoms with Crippen LogP contribution < -0.4 is 14.4 Å². The summed E-state index contributed by atoms with van der Waals surface area (Å²) in [6.07, 6.45) is 10.3. The van der Waals surface area contributed by atoms with Crippen molar-refractivity contribution in [3.63, 3.8) is 0 Å². The molecule has 17 rings (SSSR count). The summed E-state index contributed by atoms with van der Waals surface area (Å²) in [5, 5.41) is 9.86. The highest BCUT2D eigenvalue weighted by Gasteiger charge is 2.28. The largest absolute Gasteiger partial charge is 0.469 e. The maximum Gasteiger partial charge on any atom is 0.231 e. The van der Waals surface area contributed by atoms with Crippen LogP contribution in [0.3, 0.4) is 0 Å². The molecule has 6 aromatic heterocycles. The Morgan fingerprint density at radius 3 is 1.72 bits per heavy atom. The highest BCUT2D eigenvalue weighted by atomic mass is 32.1. The van der Waals surface area contributed by atoms with E-state index in [0.717, 1.165) is 62.6 Å². The van der Waals surface area contributed by atoms with Crippen molar-refractivity contribution in [2.24, 2.45) is 5.92 Å². The van der Waals surface area contributed by atoms with E-state index in [-0.39, 0.29) is 11.9 Å². The number of aryl methyl sites for hydroxylation is 1. The van der Waals surface area contributed by atoms with Crippen molar-refractivity contribution in [1.82, 2.24) is 24.9 Å². The summed E-state index contributed by atoms with van der Waals surface area (Å²) in [5.74, 6) is 8.38. The van der Waals surface area contributed by atoms with Crippen LogP contribution in [0.5, 0.6) is 11.5 Å². The first-order valence-corrected chi connectivity index (χ1v) is 40.3. The average Bonchev–Trinajstić information content (AvgIpc) is 1.51. The third-order valence-electron chi connectivity index (χ3n) is 19.2. The van der Waals surface area contributed by atoms with E-state index < -0.39 is 0 Å². The molecule has 12 heteroatoms. The first kappa shape index (κ1) is 82.2. The number of furan rings is 1. The predicted octanol–water partition coefficient (Wildman–Crippen LogP) is 27.2. The molecule has 14 aromatic rings. The lowest BCUT2D eigenvalue weighted by molar-refractivity contribution is -0.117. The number of fused-ring (bicyclic) bond motifs is 8. The van der Waals surface area contributed by atoms with Crippen molar-refractivity contribution in [3.8, 4) is 11.5 Å². The summed E-state index contributed by atoms with van der Waals surface area (Å²) in [5.41, 5.74) is 15.2. The molecule has 0 bridgehead atoms. The molecule has 1 aliphatic carbocycles. The molecule has 3 aliphatic rings. The summed E-state index contributed by atoms with van der Waals surface area (Å²) in [6.45, 7) is 39.6. The van der Waals surface area contributed by atoms with Crippen molar-refractivity contribution < 1.29 is 18.7 Å². The van der Waals surface area contributed by atoms with Gasteiger partial charge in [0.2, 0.25) is 12.7 Å². The highest BCUT2D eigenvalue weighted by molar-refractivity contribution is 7.18. The molecule has 0 radical (unpaired) electrons. The molecular formula is C96H112N6O4S2. The Hall–Kier alpha value is -9.88. The Kier molecular flexibility index (Phi) is 30.7. The van der Waals surface area contributed by atoms with E-state index in [1.54, 1.807) is 46.4 Å². The van der Waals surface area contributed by atoms with Crippen LogP contribution in [0.25, 0.3) is 52.9 Å². The lowest BCUT2D eigenvalue weighted by atomic mass is 9.90. The third kappa shape index (κ3) is 22.4. The van der Waals surface area contributed by atoms with Gasteiger partial charge in [0.25, 0.3) is 0 Å². The highest BCUT2D eigenvalue weighted by Crippen LogP contribution is 2.39. The first-order chi connectivity index (χ1) is 52.0. The molecule has 2 aliphatic heterocycles. The number of hydrogen-bond acceptors (Lipinski definition) is 11. The Labute approximate surface area is 651 Å². The number of pyridine rings is 2. The first-order valence-electron chi connectivity index (χ1n) is 38.6. The van der Waals surface area contributed by atoms with Gasteiger partial charge in [-0.1, -0.05) is 256 Å². The Morgan fingerprint density at radius 1 is 0.463 bits per heavy atom. The fraction of sp³-hybridized carbons (Fsp3) is 0.333. The van der Waals surface area contributed by atoms with Crippen LogP contribution >= 0.6 is 22.7 Å². The second-order valence-electron chi connectivity index (χ2n) is 30.3. The van der Waals surface area contributed by atoms with Crippen LogP contribution in [-0.4, -0.2) is 43.7 Å². The van der Waals surface area contributed by atoms with Crippen LogP contribution in [0.2, 0.25) is 0 Å². The molecule has 1 unspecified atom stereocenters. The van der Waals surface area contributed by atoms with Gasteiger partial charge >= 0.3 is 0 Å². The summed E-state index contributed by atoms with van der Waals surface area (Å²) in [6, 6.07) is 73.4. The monoisotopic (exact) mass is 1480 g/mol. The minimum absolute atomic E-state index is 0.219. The second kappa shape index (κ2) is 40.4. The number of aromatic nitrogens is 5. The lowest BCUT2D eigenvalue weighted by Crippen LogP contribution is -2.33. The van der Waals surface area contributed by atoms with Gasteiger partial charge in [0.05, 0.1) is 55.0 Å². The summed E-state index contributed by atoms with van der Waals surface area (Å²) in [4.78, 5) is 35.2. The minimum atomic E-state index is 0.219. The zero-order chi connectivity index (χ0) is 77.4. The van der Waals surface area contributed by atoms with Crippen LogP contribution in [0.15, 0.2) is 247 Å². The van der Waals surface area contributed by atoms with Crippen LogP contribution in [0.1, 0.15) is 234 Å². The van der Waals surface area contributed by atoms with Crippen LogP contribution in [-0.2, 0) is 17.6 Å². The number of anilines is 1. The smallest absolute Gasteiger partial charge is 0.231 e. The number of nitrogens with zero attached hydrogens (tertiary/aromatic N) is 6. The Bertz CT molecular complexity index is 4840. The molecule has 562 valence electrons. The number of para-hydroxylation sites is 3. The summed E-state index contributed by atoms with van der Waals surface area (Å²) < 4.78 is 18.1. The van der Waals surface area contributed by atoms with Crippen LogP contribution in [0.4, 0.5) is 5.69 Å². The molecule has 0 fully saturated rings. The number of thiazole rings is 1. The number of carbonyl (C=O) groups is 1. The second-order valence-corrected chi connectivity index (χ2v) is 32.3. The van der Waals surface area contributed by atoms with Gasteiger partial charge in [-0.3, -0.25) is 14.8 Å². The Balaban J connectivity index is 0.000000140. The molecule has 108 heavy (non-hydrogen) atoms. The number of benzene rings is 8. The van der Waals surface area contributed by atoms with E-state index in [4.69, 9.17) is 13.9 Å². The summed E-state index contributed by atoms with van der Waals surface area (Å²) in [7, 11) is 0. The quantitative estimate of drug-likeness (QED) is 0.139. The molecule has 1 amide bonds. The number of carbonyl (C=O) groups excluding carboxylic acids is 1. The predicted molar refractivity (Wildman–Crippen MR) is 459 cm³/mol. The topological polar surface area (TPSA) is 116 Å². The maximum atomic E-state index is 11.6. The van der Waals surface area contributed by atoms with E-state index in [1.807, 2.05) is 97.9 Å². The molecule has 10 nitrogen and oxygen atoms in total. The van der Waals surface area contributed by atoms with E-state index in [1.165, 1.54) is 76.6 Å². The lowest BCUT2D eigenvalue weighted by Gasteiger charge is -2.21. The van der Waals surface area contributed by atoms with E-state index in [2.05, 4.69) is 287 Å². The Morgan fingerprint density at radius 2 is 1.07 bits per heavy atom. The van der Waals surface area contributed by atoms with Gasteiger partial charge in [0.15, 0.2) is 11.5 Å². The van der Waals surface area contributed by atoms with Gasteiger partial charge in [0.1, 0.15) is 12.1 Å². The van der Waals surface area contributed by atoms with Crippen molar-refractivity contribution >= 4 is 87.1 Å². The fourth-order valence-corrected chi connectivity index (χ4v) is 15.3. The molecule has 1 atom stereocenters. The van der Waals surface area contributed by atoms with Crippen molar-refractivity contribution in [1.29, 1.82) is 0 Å². The zero-order valence-corrected chi connectivity index (χ0v) is 68.5. The van der Waals surface area contributed by atoms with Crippen molar-refractivity contribution in [3.05, 3.63) is 298 Å².